The van der Waals surface area contributed by atoms with Gasteiger partial charge in [0.15, 0.2) is 11.6 Å². The molecular formula is C26H29F2N7O. The van der Waals surface area contributed by atoms with Crippen molar-refractivity contribution >= 4 is 22.7 Å². The number of hydrogen-bond donors (Lipinski definition) is 1. The zero-order chi connectivity index (χ0) is 25.4. The maximum absolute atomic E-state index is 14.9. The zero-order valence-corrected chi connectivity index (χ0v) is 20.8. The van der Waals surface area contributed by atoms with Gasteiger partial charge in [-0.3, -0.25) is 9.58 Å². The minimum absolute atomic E-state index is 0.0126. The van der Waals surface area contributed by atoms with Crippen molar-refractivity contribution in [3.63, 3.8) is 0 Å². The Morgan fingerprint density at radius 2 is 1.97 bits per heavy atom. The van der Waals surface area contributed by atoms with Gasteiger partial charge in [0.2, 0.25) is 5.95 Å². The van der Waals surface area contributed by atoms with Crippen LogP contribution in [0.1, 0.15) is 36.7 Å². The third-order valence-electron chi connectivity index (χ3n) is 6.48. The Morgan fingerprint density at radius 3 is 2.75 bits per heavy atom. The van der Waals surface area contributed by atoms with Crippen LogP contribution in [-0.4, -0.2) is 56.4 Å². The first-order valence-corrected chi connectivity index (χ1v) is 12.0. The summed E-state index contributed by atoms with van der Waals surface area (Å²) in [5.41, 5.74) is 3.66. The Balaban J connectivity index is 1.43. The van der Waals surface area contributed by atoms with Gasteiger partial charge >= 0.3 is 0 Å². The molecule has 8 nitrogen and oxygen atoms in total. The Bertz CT molecular complexity index is 1420. The van der Waals surface area contributed by atoms with E-state index in [1.165, 1.54) is 11.6 Å². The summed E-state index contributed by atoms with van der Waals surface area (Å²) in [5.74, 6) is -0.277. The molecule has 0 amide bonds. The normalized spacial score (nSPS) is 14.0. The molecule has 1 aliphatic rings. The molecule has 1 aliphatic heterocycles. The molecule has 0 saturated heterocycles. The van der Waals surface area contributed by atoms with Gasteiger partial charge in [0.1, 0.15) is 17.0 Å². The smallest absolute Gasteiger partial charge is 0.229 e. The summed E-state index contributed by atoms with van der Waals surface area (Å²) < 4.78 is 36.6. The van der Waals surface area contributed by atoms with Crippen molar-refractivity contribution in [1.82, 2.24) is 29.6 Å². The van der Waals surface area contributed by atoms with Crippen molar-refractivity contribution in [3.8, 4) is 11.3 Å². The number of aromatic nitrogens is 5. The molecule has 3 aromatic heterocycles. The molecule has 0 bridgehead atoms. The van der Waals surface area contributed by atoms with Gasteiger partial charge < -0.3 is 10.1 Å². The summed E-state index contributed by atoms with van der Waals surface area (Å²) in [5, 5.41) is 8.03. The van der Waals surface area contributed by atoms with Crippen LogP contribution < -0.4 is 5.32 Å². The molecule has 0 aliphatic carbocycles. The third-order valence-corrected chi connectivity index (χ3v) is 6.48. The van der Waals surface area contributed by atoms with Crippen LogP contribution in [0.5, 0.6) is 0 Å². The van der Waals surface area contributed by atoms with Crippen molar-refractivity contribution < 1.29 is 13.5 Å². The maximum atomic E-state index is 14.9. The van der Waals surface area contributed by atoms with Crippen molar-refractivity contribution in [2.45, 2.75) is 32.7 Å². The minimum atomic E-state index is -0.635. The molecule has 1 aromatic carbocycles. The zero-order valence-electron chi connectivity index (χ0n) is 20.8. The van der Waals surface area contributed by atoms with E-state index >= 15 is 0 Å². The summed E-state index contributed by atoms with van der Waals surface area (Å²) in [6, 6.07) is 6.90. The second-order valence-electron chi connectivity index (χ2n) is 9.35. The average Bonchev–Trinajstić information content (AvgIpc) is 3.20. The monoisotopic (exact) mass is 493 g/mol. The molecule has 36 heavy (non-hydrogen) atoms. The molecule has 4 aromatic rings. The first-order valence-electron chi connectivity index (χ1n) is 12.0. The molecule has 4 heterocycles. The van der Waals surface area contributed by atoms with Gasteiger partial charge in [-0.1, -0.05) is 19.9 Å². The molecule has 0 spiro atoms. The Kier molecular flexibility index (Phi) is 6.63. The highest BCUT2D eigenvalue weighted by Gasteiger charge is 2.20. The van der Waals surface area contributed by atoms with Crippen molar-refractivity contribution in [1.29, 1.82) is 0 Å². The summed E-state index contributed by atoms with van der Waals surface area (Å²) in [6.45, 7) is 7.33. The third kappa shape index (κ3) is 4.66. The molecule has 0 fully saturated rings. The fourth-order valence-corrected chi connectivity index (χ4v) is 4.80. The van der Waals surface area contributed by atoms with E-state index in [9.17, 15) is 8.78 Å². The fourth-order valence-electron chi connectivity index (χ4n) is 4.80. The minimum Gasteiger partial charge on any atom is -0.383 e. The first kappa shape index (κ1) is 24.2. The van der Waals surface area contributed by atoms with Crippen LogP contribution in [0.25, 0.3) is 22.2 Å². The number of fused-ring (bicyclic) bond motifs is 2. The van der Waals surface area contributed by atoms with Gasteiger partial charge in [0.05, 0.1) is 12.8 Å². The van der Waals surface area contributed by atoms with Crippen LogP contribution in [0.2, 0.25) is 0 Å². The molecule has 0 saturated carbocycles. The van der Waals surface area contributed by atoms with Crippen LogP contribution in [0.4, 0.5) is 20.5 Å². The number of aryl methyl sites for hydroxylation is 1. The van der Waals surface area contributed by atoms with E-state index in [1.54, 1.807) is 24.9 Å². The van der Waals surface area contributed by atoms with Gasteiger partial charge in [-0.15, -0.1) is 0 Å². The van der Waals surface area contributed by atoms with E-state index in [0.29, 0.717) is 23.4 Å². The van der Waals surface area contributed by atoms with E-state index in [0.717, 1.165) is 43.6 Å². The summed E-state index contributed by atoms with van der Waals surface area (Å²) in [7, 11) is 3.49. The lowest BCUT2D eigenvalue weighted by Crippen LogP contribution is -2.33. The molecule has 5 rings (SSSR count). The lowest BCUT2D eigenvalue weighted by Gasteiger charge is -2.28. The predicted molar refractivity (Wildman–Crippen MR) is 134 cm³/mol. The summed E-state index contributed by atoms with van der Waals surface area (Å²) in [4.78, 5) is 15.5. The molecule has 1 N–H and O–H groups in total. The van der Waals surface area contributed by atoms with Gasteiger partial charge in [0, 0.05) is 62.6 Å². The number of anilines is 2. The number of nitrogens with one attached hydrogen (secondary N) is 1. The average molecular weight is 494 g/mol. The van der Waals surface area contributed by atoms with E-state index in [4.69, 9.17) is 9.72 Å². The van der Waals surface area contributed by atoms with Crippen LogP contribution in [0.3, 0.4) is 0 Å². The van der Waals surface area contributed by atoms with Gasteiger partial charge in [0.25, 0.3) is 0 Å². The number of ether oxygens (including phenoxy) is 1. The standard InChI is InChI=1S/C26H29F2N7O/c1-15(2)25-18-11-17(12-19(27)24(18)33-34(25)3)23-20(28)13-29-26(32-23)31-22-6-5-16-14-35(9-10-36-4)8-7-21(16)30-22/h5-6,11-13,15H,7-10,14H2,1-4H3,(H,29,30,31,32). The van der Waals surface area contributed by atoms with Gasteiger partial charge in [-0.25, -0.2) is 23.7 Å². The molecular weight excluding hydrogens is 464 g/mol. The highest BCUT2D eigenvalue weighted by Crippen LogP contribution is 2.32. The van der Waals surface area contributed by atoms with Crippen LogP contribution in [0.15, 0.2) is 30.5 Å². The number of nitrogens with zero attached hydrogens (tertiary/aromatic N) is 6. The maximum Gasteiger partial charge on any atom is 0.229 e. The summed E-state index contributed by atoms with van der Waals surface area (Å²) in [6.07, 6.45) is 1.91. The van der Waals surface area contributed by atoms with Crippen molar-refractivity contribution in [3.05, 3.63) is 59.0 Å². The predicted octanol–water partition coefficient (Wildman–Crippen LogP) is 4.58. The lowest BCUT2D eigenvalue weighted by atomic mass is 10.0. The highest BCUT2D eigenvalue weighted by atomic mass is 19.1. The van der Waals surface area contributed by atoms with Crippen LogP contribution in [0, 0.1) is 11.6 Å². The number of methoxy groups -OCH3 is 1. The van der Waals surface area contributed by atoms with Crippen molar-refractivity contribution in [2.75, 3.05) is 32.1 Å². The number of benzene rings is 1. The number of hydrogen-bond acceptors (Lipinski definition) is 7. The number of pyridine rings is 1. The number of rotatable bonds is 7. The first-order chi connectivity index (χ1) is 17.3. The lowest BCUT2D eigenvalue weighted by molar-refractivity contribution is 0.140. The highest BCUT2D eigenvalue weighted by molar-refractivity contribution is 5.87. The van der Waals surface area contributed by atoms with E-state index in [2.05, 4.69) is 25.3 Å². The van der Waals surface area contributed by atoms with Gasteiger partial charge in [-0.2, -0.15) is 5.10 Å². The van der Waals surface area contributed by atoms with Crippen LogP contribution in [-0.2, 0) is 24.8 Å². The second-order valence-corrected chi connectivity index (χ2v) is 9.35. The Morgan fingerprint density at radius 1 is 1.14 bits per heavy atom. The molecule has 0 unspecified atom stereocenters. The topological polar surface area (TPSA) is 81.0 Å². The quantitative estimate of drug-likeness (QED) is 0.404. The molecule has 188 valence electrons. The fraction of sp³-hybridized carbons (Fsp3) is 0.385. The van der Waals surface area contributed by atoms with E-state index in [-0.39, 0.29) is 23.1 Å². The van der Waals surface area contributed by atoms with Crippen LogP contribution >= 0.6 is 0 Å². The SMILES string of the molecule is COCCN1CCc2nc(Nc3ncc(F)c(-c4cc(F)c5nn(C)c(C(C)C)c5c4)n3)ccc2C1. The van der Waals surface area contributed by atoms with Gasteiger partial charge in [-0.05, 0) is 29.7 Å². The molecule has 0 radical (unpaired) electrons. The van der Waals surface area contributed by atoms with Crippen molar-refractivity contribution in [2.24, 2.45) is 7.05 Å². The molecule has 10 heteroatoms. The Labute approximate surface area is 208 Å². The second kappa shape index (κ2) is 9.87. The molecule has 0 atom stereocenters. The number of halogens is 2. The summed E-state index contributed by atoms with van der Waals surface area (Å²) >= 11 is 0. The van der Waals surface area contributed by atoms with E-state index < -0.39 is 11.6 Å². The van der Waals surface area contributed by atoms with E-state index in [1.807, 2.05) is 26.0 Å². The largest absolute Gasteiger partial charge is 0.383 e. The Hall–Kier alpha value is -3.50.